The zero-order valence-electron chi connectivity index (χ0n) is 19.4. The molecule has 0 unspecified atom stereocenters. The number of anilines is 1. The number of ether oxygens (including phenoxy) is 1. The van der Waals surface area contributed by atoms with Gasteiger partial charge in [-0.3, -0.25) is 10.1 Å². The Labute approximate surface area is 194 Å². The molecule has 1 atom stereocenters. The van der Waals surface area contributed by atoms with E-state index in [2.05, 4.69) is 15.3 Å². The summed E-state index contributed by atoms with van der Waals surface area (Å²) in [6.07, 6.45) is -4.75. The lowest BCUT2D eigenvalue weighted by Crippen LogP contribution is -2.16. The predicted molar refractivity (Wildman–Crippen MR) is 125 cm³/mol. The molecule has 3 rings (SSSR count). The number of aryl methyl sites for hydroxylation is 1. The van der Waals surface area contributed by atoms with Crippen LogP contribution in [0.4, 0.5) is 24.7 Å². The van der Waals surface area contributed by atoms with E-state index in [1.807, 2.05) is 0 Å². The first kappa shape index (κ1) is 25.4. The molecule has 2 aromatic carbocycles. The Kier molecular flexibility index (Phi) is 6.63. The smallest absolute Gasteiger partial charge is 0.416 e. The number of nitrogens with zero attached hydrogens (tertiary/aromatic N) is 3. The molecule has 1 aromatic heterocycles. The standard InChI is InChI=1S/C22H24F3N4O4P/c1-11-15(7-14(29(30)31)8-17(11)22(23,24)25)12(2)26-21-16-9-20(34(5,6)32)19(33-4)10-18(16)27-13(3)28-21/h7-10,12H,1-6H3,(H,26,27,28)/t12-/m1/s1. The highest BCUT2D eigenvalue weighted by Crippen LogP contribution is 2.41. The van der Waals surface area contributed by atoms with Crippen LogP contribution < -0.4 is 15.4 Å². The van der Waals surface area contributed by atoms with Crippen molar-refractivity contribution in [1.82, 2.24) is 9.97 Å². The Balaban J connectivity index is 2.19. The van der Waals surface area contributed by atoms with Gasteiger partial charge in [0, 0.05) is 23.6 Å². The molecule has 0 spiro atoms. The number of fused-ring (bicyclic) bond motifs is 1. The van der Waals surface area contributed by atoms with Crippen molar-refractivity contribution < 1.29 is 27.4 Å². The van der Waals surface area contributed by atoms with Gasteiger partial charge in [-0.05, 0) is 51.3 Å². The molecule has 8 nitrogen and oxygen atoms in total. The first-order valence-corrected chi connectivity index (χ1v) is 12.8. The lowest BCUT2D eigenvalue weighted by Gasteiger charge is -2.22. The fourth-order valence-corrected chi connectivity index (χ4v) is 4.94. The SMILES string of the molecule is COc1cc2nc(C)nc(N[C@H](C)c3cc([N+](=O)[O-])cc(C(F)(F)F)c3C)c2cc1P(C)(C)=O. The topological polar surface area (TPSA) is 107 Å². The summed E-state index contributed by atoms with van der Waals surface area (Å²) in [7, 11) is -1.30. The summed E-state index contributed by atoms with van der Waals surface area (Å²) in [5.74, 6) is 1.09. The van der Waals surface area contributed by atoms with Crippen molar-refractivity contribution in [3.05, 3.63) is 56.9 Å². The van der Waals surface area contributed by atoms with E-state index >= 15 is 0 Å². The number of non-ortho nitro benzene ring substituents is 1. The molecule has 0 amide bonds. The number of aromatic nitrogens is 2. The lowest BCUT2D eigenvalue weighted by atomic mass is 9.96. The van der Waals surface area contributed by atoms with E-state index in [-0.39, 0.29) is 11.1 Å². The first-order chi connectivity index (χ1) is 15.6. The summed E-state index contributed by atoms with van der Waals surface area (Å²) in [4.78, 5) is 19.2. The van der Waals surface area contributed by atoms with Crippen LogP contribution in [0.3, 0.4) is 0 Å². The normalized spacial score (nSPS) is 13.1. The lowest BCUT2D eigenvalue weighted by molar-refractivity contribution is -0.385. The number of hydrogen-bond acceptors (Lipinski definition) is 7. The van der Waals surface area contributed by atoms with Crippen molar-refractivity contribution >= 4 is 34.9 Å². The monoisotopic (exact) mass is 496 g/mol. The quantitative estimate of drug-likeness (QED) is 0.269. The molecule has 12 heteroatoms. The fourth-order valence-electron chi connectivity index (χ4n) is 3.81. The third kappa shape index (κ3) is 4.99. The van der Waals surface area contributed by atoms with E-state index in [9.17, 15) is 27.9 Å². The molecule has 3 aromatic rings. The van der Waals surface area contributed by atoms with Gasteiger partial charge in [0.05, 0.1) is 34.5 Å². The molecule has 0 saturated carbocycles. The van der Waals surface area contributed by atoms with Crippen molar-refractivity contribution in [2.24, 2.45) is 0 Å². The summed E-state index contributed by atoms with van der Waals surface area (Å²) >= 11 is 0. The second-order valence-electron chi connectivity index (χ2n) is 8.34. The van der Waals surface area contributed by atoms with Crippen molar-refractivity contribution in [2.75, 3.05) is 25.8 Å². The largest absolute Gasteiger partial charge is 0.496 e. The molecule has 34 heavy (non-hydrogen) atoms. The number of hydrogen-bond donors (Lipinski definition) is 1. The van der Waals surface area contributed by atoms with Crippen LogP contribution in [0.2, 0.25) is 0 Å². The fraction of sp³-hybridized carbons (Fsp3) is 0.364. The van der Waals surface area contributed by atoms with E-state index in [1.54, 1.807) is 39.3 Å². The number of halogens is 3. The number of methoxy groups -OCH3 is 1. The van der Waals surface area contributed by atoms with Crippen LogP contribution in [0.25, 0.3) is 10.9 Å². The van der Waals surface area contributed by atoms with Gasteiger partial charge >= 0.3 is 6.18 Å². The van der Waals surface area contributed by atoms with Crippen molar-refractivity contribution in [1.29, 1.82) is 0 Å². The minimum Gasteiger partial charge on any atom is -0.496 e. The van der Waals surface area contributed by atoms with Crippen molar-refractivity contribution in [3.8, 4) is 5.75 Å². The summed E-state index contributed by atoms with van der Waals surface area (Å²) < 4.78 is 58.9. The molecule has 182 valence electrons. The summed E-state index contributed by atoms with van der Waals surface area (Å²) in [5.41, 5.74) is -1.25. The van der Waals surface area contributed by atoms with Gasteiger partial charge in [-0.1, -0.05) is 0 Å². The first-order valence-electron chi connectivity index (χ1n) is 10.2. The van der Waals surface area contributed by atoms with Gasteiger partial charge in [0.2, 0.25) is 0 Å². The highest BCUT2D eigenvalue weighted by molar-refractivity contribution is 7.70. The van der Waals surface area contributed by atoms with Gasteiger partial charge in [0.25, 0.3) is 5.69 Å². The summed E-state index contributed by atoms with van der Waals surface area (Å²) in [6, 6.07) is 4.16. The van der Waals surface area contributed by atoms with Gasteiger partial charge in [-0.25, -0.2) is 9.97 Å². The average molecular weight is 496 g/mol. The summed E-state index contributed by atoms with van der Waals surface area (Å²) in [5, 5.41) is 15.3. The van der Waals surface area contributed by atoms with Crippen LogP contribution >= 0.6 is 7.14 Å². The van der Waals surface area contributed by atoms with Crippen LogP contribution in [0, 0.1) is 24.0 Å². The van der Waals surface area contributed by atoms with Crippen molar-refractivity contribution in [2.45, 2.75) is 33.0 Å². The van der Waals surface area contributed by atoms with Crippen LogP contribution in [0.15, 0.2) is 24.3 Å². The third-order valence-electron chi connectivity index (χ3n) is 5.46. The Morgan fingerprint density at radius 1 is 1.15 bits per heavy atom. The van der Waals surface area contributed by atoms with Gasteiger partial charge in [-0.15, -0.1) is 0 Å². The second kappa shape index (κ2) is 8.87. The number of rotatable bonds is 6. The molecule has 0 aliphatic heterocycles. The Morgan fingerprint density at radius 2 is 1.79 bits per heavy atom. The number of nitrogens with one attached hydrogen (secondary N) is 1. The zero-order valence-corrected chi connectivity index (χ0v) is 20.3. The molecule has 0 saturated heterocycles. The van der Waals surface area contributed by atoms with Crippen LogP contribution in [-0.2, 0) is 10.7 Å². The predicted octanol–water partition coefficient (Wildman–Crippen LogP) is 5.60. The zero-order chi connectivity index (χ0) is 25.6. The van der Waals surface area contributed by atoms with Gasteiger partial charge in [0.1, 0.15) is 24.5 Å². The van der Waals surface area contributed by atoms with E-state index in [4.69, 9.17) is 4.74 Å². The maximum Gasteiger partial charge on any atom is 0.416 e. The number of nitro groups is 1. The van der Waals surface area contributed by atoms with E-state index in [0.29, 0.717) is 39.7 Å². The second-order valence-corrected chi connectivity index (χ2v) is 11.5. The highest BCUT2D eigenvalue weighted by Gasteiger charge is 2.36. The van der Waals surface area contributed by atoms with Crippen LogP contribution in [0.1, 0.15) is 35.5 Å². The number of benzene rings is 2. The minimum absolute atomic E-state index is 0.108. The molecule has 0 bridgehead atoms. The average Bonchev–Trinajstić information content (AvgIpc) is 2.70. The molecular weight excluding hydrogens is 472 g/mol. The maximum atomic E-state index is 13.5. The molecule has 1 N–H and O–H groups in total. The Morgan fingerprint density at radius 3 is 2.32 bits per heavy atom. The van der Waals surface area contributed by atoms with E-state index in [0.717, 1.165) is 6.07 Å². The Bertz CT molecular complexity index is 1340. The highest BCUT2D eigenvalue weighted by atomic mass is 31.2. The third-order valence-corrected chi connectivity index (χ3v) is 6.97. The summed E-state index contributed by atoms with van der Waals surface area (Å²) in [6.45, 7) is 7.70. The minimum atomic E-state index is -4.75. The van der Waals surface area contributed by atoms with Gasteiger partial charge < -0.3 is 14.6 Å². The Hall–Kier alpha value is -3.20. The molecular formula is C22H24F3N4O4P. The number of alkyl halides is 3. The van der Waals surface area contributed by atoms with Gasteiger partial charge in [0.15, 0.2) is 0 Å². The maximum absolute atomic E-state index is 13.5. The molecule has 1 heterocycles. The molecule has 0 radical (unpaired) electrons. The number of nitro benzene ring substituents is 1. The molecule has 0 aliphatic rings. The van der Waals surface area contributed by atoms with Crippen molar-refractivity contribution in [3.63, 3.8) is 0 Å². The van der Waals surface area contributed by atoms with Crippen LogP contribution in [0.5, 0.6) is 5.75 Å². The van der Waals surface area contributed by atoms with Crippen LogP contribution in [-0.4, -0.2) is 35.3 Å². The van der Waals surface area contributed by atoms with E-state index in [1.165, 1.54) is 14.0 Å². The van der Waals surface area contributed by atoms with E-state index < -0.39 is 35.5 Å². The van der Waals surface area contributed by atoms with Gasteiger partial charge in [-0.2, -0.15) is 13.2 Å². The molecule has 0 fully saturated rings. The molecule has 0 aliphatic carbocycles.